The maximum absolute atomic E-state index is 12.8. The molecule has 1 fully saturated rings. The van der Waals surface area contributed by atoms with Gasteiger partial charge in [0, 0.05) is 28.9 Å². The summed E-state index contributed by atoms with van der Waals surface area (Å²) in [4.78, 5) is 0. The molecule has 26 heavy (non-hydrogen) atoms. The van der Waals surface area contributed by atoms with Crippen molar-refractivity contribution in [1.29, 1.82) is 0 Å². The number of halogens is 3. The lowest BCUT2D eigenvalue weighted by Gasteiger charge is -2.15. The summed E-state index contributed by atoms with van der Waals surface area (Å²) in [5.74, 6) is 0.699. The van der Waals surface area contributed by atoms with Crippen LogP contribution >= 0.6 is 0 Å². The van der Waals surface area contributed by atoms with Gasteiger partial charge in [-0.05, 0) is 25.1 Å². The first-order chi connectivity index (χ1) is 12.5. The van der Waals surface area contributed by atoms with E-state index in [0.717, 1.165) is 42.4 Å². The Kier molecular flexibility index (Phi) is 4.24. The van der Waals surface area contributed by atoms with Crippen LogP contribution in [0.4, 0.5) is 19.0 Å². The molecule has 1 saturated heterocycles. The first-order valence-corrected chi connectivity index (χ1v) is 8.43. The van der Waals surface area contributed by atoms with Crippen molar-refractivity contribution in [3.63, 3.8) is 0 Å². The van der Waals surface area contributed by atoms with Crippen LogP contribution in [0.2, 0.25) is 0 Å². The van der Waals surface area contributed by atoms with Crippen LogP contribution in [-0.4, -0.2) is 29.3 Å². The maximum atomic E-state index is 12.8. The summed E-state index contributed by atoms with van der Waals surface area (Å²) in [6.07, 6.45) is -3.34. The van der Waals surface area contributed by atoms with E-state index in [-0.39, 0.29) is 0 Å². The van der Waals surface area contributed by atoms with E-state index in [1.807, 2.05) is 24.3 Å². The van der Waals surface area contributed by atoms with Gasteiger partial charge in [0.25, 0.3) is 0 Å². The van der Waals surface area contributed by atoms with Gasteiger partial charge >= 0.3 is 6.18 Å². The first kappa shape index (κ1) is 16.8. The largest absolute Gasteiger partial charge is 0.416 e. The highest BCUT2D eigenvalue weighted by atomic mass is 19.4. The fraction of sp³-hybridized carbons (Fsp3) is 0.263. The van der Waals surface area contributed by atoms with E-state index in [1.54, 1.807) is 0 Å². The van der Waals surface area contributed by atoms with E-state index in [4.69, 9.17) is 0 Å². The van der Waals surface area contributed by atoms with Gasteiger partial charge in [0.1, 0.15) is 5.69 Å². The minimum Gasteiger partial charge on any atom is -0.364 e. The Morgan fingerprint density at radius 2 is 1.69 bits per heavy atom. The molecule has 4 rings (SSSR count). The van der Waals surface area contributed by atoms with Crippen molar-refractivity contribution in [2.75, 3.05) is 18.4 Å². The molecule has 0 amide bonds. The summed E-state index contributed by atoms with van der Waals surface area (Å²) in [7, 11) is 0. The molecule has 2 aromatic carbocycles. The molecule has 1 atom stereocenters. The van der Waals surface area contributed by atoms with E-state index in [9.17, 15) is 13.2 Å². The molecular weight excluding hydrogens is 341 g/mol. The van der Waals surface area contributed by atoms with Crippen molar-refractivity contribution in [1.82, 2.24) is 15.5 Å². The topological polar surface area (TPSA) is 49.8 Å². The lowest BCUT2D eigenvalue weighted by molar-refractivity contribution is -0.137. The highest BCUT2D eigenvalue weighted by molar-refractivity contribution is 6.00. The summed E-state index contributed by atoms with van der Waals surface area (Å²) in [5.41, 5.74) is 0.505. The first-order valence-electron chi connectivity index (χ1n) is 8.43. The van der Waals surface area contributed by atoms with Crippen LogP contribution < -0.4 is 10.6 Å². The zero-order valence-electron chi connectivity index (χ0n) is 13.8. The Hall–Kier alpha value is -2.67. The highest BCUT2D eigenvalue weighted by Gasteiger charge is 2.30. The molecule has 7 heteroatoms. The Bertz CT molecular complexity index is 916. The minimum absolute atomic E-state index is 0.296. The van der Waals surface area contributed by atoms with E-state index in [2.05, 4.69) is 20.8 Å². The second-order valence-corrected chi connectivity index (χ2v) is 6.35. The number of hydrogen-bond donors (Lipinski definition) is 2. The van der Waals surface area contributed by atoms with E-state index in [0.29, 0.717) is 23.1 Å². The second-order valence-electron chi connectivity index (χ2n) is 6.35. The van der Waals surface area contributed by atoms with Crippen molar-refractivity contribution in [2.24, 2.45) is 0 Å². The number of nitrogens with zero attached hydrogens (tertiary/aromatic N) is 2. The van der Waals surface area contributed by atoms with Crippen LogP contribution in [-0.2, 0) is 6.18 Å². The summed E-state index contributed by atoms with van der Waals surface area (Å²) < 4.78 is 38.3. The molecule has 0 bridgehead atoms. The molecule has 2 N–H and O–H groups in total. The Morgan fingerprint density at radius 1 is 0.962 bits per heavy atom. The molecule has 1 aromatic heterocycles. The molecule has 0 saturated carbocycles. The number of anilines is 1. The average Bonchev–Trinajstić information content (AvgIpc) is 3.15. The quantitative estimate of drug-likeness (QED) is 0.740. The lowest BCUT2D eigenvalue weighted by Crippen LogP contribution is -2.23. The van der Waals surface area contributed by atoms with E-state index >= 15 is 0 Å². The fourth-order valence-electron chi connectivity index (χ4n) is 3.21. The smallest absolute Gasteiger partial charge is 0.364 e. The van der Waals surface area contributed by atoms with Crippen LogP contribution in [0.3, 0.4) is 0 Å². The van der Waals surface area contributed by atoms with Crippen molar-refractivity contribution < 1.29 is 13.2 Å². The van der Waals surface area contributed by atoms with Crippen LogP contribution in [0.15, 0.2) is 48.5 Å². The summed E-state index contributed by atoms with van der Waals surface area (Å²) in [5, 5.41) is 17.1. The van der Waals surface area contributed by atoms with Gasteiger partial charge in [-0.1, -0.05) is 36.4 Å². The van der Waals surface area contributed by atoms with Gasteiger partial charge in [-0.3, -0.25) is 0 Å². The Balaban J connectivity index is 1.74. The lowest BCUT2D eigenvalue weighted by atomic mass is 10.0. The maximum Gasteiger partial charge on any atom is 0.416 e. The van der Waals surface area contributed by atoms with Gasteiger partial charge in [-0.15, -0.1) is 10.2 Å². The predicted octanol–water partition coefficient (Wildman–Crippen LogP) is 4.09. The molecule has 0 radical (unpaired) electrons. The van der Waals surface area contributed by atoms with Crippen molar-refractivity contribution in [3.8, 4) is 11.3 Å². The Labute approximate surface area is 148 Å². The molecule has 1 aliphatic rings. The summed E-state index contributed by atoms with van der Waals surface area (Å²) in [6, 6.07) is 13.0. The molecule has 1 aliphatic heterocycles. The van der Waals surface area contributed by atoms with Crippen LogP contribution in [0.25, 0.3) is 22.0 Å². The summed E-state index contributed by atoms with van der Waals surface area (Å²) >= 11 is 0. The number of benzene rings is 2. The second kappa shape index (κ2) is 6.57. The highest BCUT2D eigenvalue weighted by Crippen LogP contribution is 2.33. The van der Waals surface area contributed by atoms with Crippen molar-refractivity contribution in [3.05, 3.63) is 54.1 Å². The number of fused-ring (bicyclic) bond motifs is 1. The zero-order chi connectivity index (χ0) is 18.1. The van der Waals surface area contributed by atoms with Gasteiger partial charge in [-0.25, -0.2) is 0 Å². The molecule has 0 unspecified atom stereocenters. The third-order valence-electron chi connectivity index (χ3n) is 4.57. The van der Waals surface area contributed by atoms with Gasteiger partial charge in [0.2, 0.25) is 0 Å². The molecule has 134 valence electrons. The third-order valence-corrected chi connectivity index (χ3v) is 4.57. The van der Waals surface area contributed by atoms with Crippen molar-refractivity contribution >= 4 is 16.6 Å². The minimum atomic E-state index is -4.35. The van der Waals surface area contributed by atoms with Gasteiger partial charge < -0.3 is 10.6 Å². The van der Waals surface area contributed by atoms with E-state index < -0.39 is 11.7 Å². The third kappa shape index (κ3) is 3.22. The molecule has 0 spiro atoms. The number of nitrogens with one attached hydrogen (secondary N) is 2. The van der Waals surface area contributed by atoms with Crippen LogP contribution in [0.5, 0.6) is 0 Å². The fourth-order valence-corrected chi connectivity index (χ4v) is 3.21. The number of hydrogen-bond acceptors (Lipinski definition) is 4. The average molecular weight is 358 g/mol. The monoisotopic (exact) mass is 358 g/mol. The molecular formula is C19H17F3N4. The molecule has 4 nitrogen and oxygen atoms in total. The summed E-state index contributed by atoms with van der Waals surface area (Å²) in [6.45, 7) is 1.84. The van der Waals surface area contributed by atoms with Crippen LogP contribution in [0, 0.1) is 0 Å². The normalized spacial score (nSPS) is 17.6. The number of alkyl halides is 3. The van der Waals surface area contributed by atoms with E-state index in [1.165, 1.54) is 12.1 Å². The zero-order valence-corrected chi connectivity index (χ0v) is 13.8. The molecule has 3 aromatic rings. The molecule has 0 aliphatic carbocycles. The van der Waals surface area contributed by atoms with Crippen LogP contribution in [0.1, 0.15) is 12.0 Å². The molecule has 2 heterocycles. The van der Waals surface area contributed by atoms with Crippen molar-refractivity contribution in [2.45, 2.75) is 18.6 Å². The van der Waals surface area contributed by atoms with Gasteiger partial charge in [0.15, 0.2) is 5.82 Å². The van der Waals surface area contributed by atoms with Gasteiger partial charge in [-0.2, -0.15) is 13.2 Å². The number of aromatic nitrogens is 2. The predicted molar refractivity (Wildman–Crippen MR) is 94.9 cm³/mol. The standard InChI is InChI=1S/C19H17F3N4/c20-19(21,22)13-7-5-12(6-8-13)17-15-3-1-2-4-16(15)18(26-25-17)24-14-9-10-23-11-14/h1-8,14,23H,9-11H2,(H,24,26)/t14-/m0/s1. The van der Waals surface area contributed by atoms with Gasteiger partial charge in [0.05, 0.1) is 5.56 Å². The Morgan fingerprint density at radius 3 is 2.35 bits per heavy atom. The number of rotatable bonds is 3. The SMILES string of the molecule is FC(F)(F)c1ccc(-c2nnc(N[C@H]3CCNC3)c3ccccc23)cc1.